The first-order valence-corrected chi connectivity index (χ1v) is 7.59. The van der Waals surface area contributed by atoms with Crippen molar-refractivity contribution in [1.29, 1.82) is 0 Å². The van der Waals surface area contributed by atoms with Crippen LogP contribution in [0.2, 0.25) is 0 Å². The van der Waals surface area contributed by atoms with Crippen LogP contribution in [0.5, 0.6) is 0 Å². The number of amides is 1. The number of halogens is 1. The molecule has 1 amide bonds. The highest BCUT2D eigenvalue weighted by molar-refractivity contribution is 5.94. The van der Waals surface area contributed by atoms with Crippen molar-refractivity contribution in [2.24, 2.45) is 7.05 Å². The monoisotopic (exact) mass is 342 g/mol. The Labute approximate surface area is 142 Å². The van der Waals surface area contributed by atoms with E-state index in [1.807, 2.05) is 11.6 Å². The minimum Gasteiger partial charge on any atom is -0.352 e. The van der Waals surface area contributed by atoms with Crippen LogP contribution in [0.25, 0.3) is 11.0 Å². The van der Waals surface area contributed by atoms with Crippen molar-refractivity contribution in [1.82, 2.24) is 14.9 Å². The summed E-state index contributed by atoms with van der Waals surface area (Å²) in [5, 5.41) is 13.6. The molecule has 0 radical (unpaired) electrons. The van der Waals surface area contributed by atoms with Crippen LogP contribution in [0, 0.1) is 15.9 Å². The van der Waals surface area contributed by atoms with Gasteiger partial charge in [-0.05, 0) is 30.3 Å². The van der Waals surface area contributed by atoms with Gasteiger partial charge < -0.3 is 9.88 Å². The van der Waals surface area contributed by atoms with E-state index in [-0.39, 0.29) is 11.6 Å². The number of hydrogen-bond donors (Lipinski definition) is 1. The maximum atomic E-state index is 12.9. The van der Waals surface area contributed by atoms with Crippen LogP contribution < -0.4 is 5.32 Å². The fraction of sp³-hybridized carbons (Fsp3) is 0.176. The Bertz CT molecular complexity index is 950. The minimum absolute atomic E-state index is 0.0123. The molecule has 3 rings (SSSR count). The van der Waals surface area contributed by atoms with E-state index in [9.17, 15) is 19.3 Å². The predicted octanol–water partition coefficient (Wildman–Crippen LogP) is 2.59. The van der Waals surface area contributed by atoms with Gasteiger partial charge in [-0.25, -0.2) is 9.37 Å². The molecule has 0 fully saturated rings. The molecule has 0 aliphatic carbocycles. The van der Waals surface area contributed by atoms with Gasteiger partial charge in [0, 0.05) is 37.7 Å². The average Bonchev–Trinajstić information content (AvgIpc) is 2.91. The first-order valence-electron chi connectivity index (χ1n) is 7.59. The molecular formula is C17H15FN4O3. The summed E-state index contributed by atoms with van der Waals surface area (Å²) in [6.07, 6.45) is 0.464. The fourth-order valence-electron chi connectivity index (χ4n) is 2.57. The van der Waals surface area contributed by atoms with E-state index in [2.05, 4.69) is 10.3 Å². The average molecular weight is 342 g/mol. The Morgan fingerprint density at radius 1 is 1.28 bits per heavy atom. The number of fused-ring (bicyclic) bond motifs is 1. The van der Waals surface area contributed by atoms with Gasteiger partial charge in [-0.3, -0.25) is 14.9 Å². The fourth-order valence-corrected chi connectivity index (χ4v) is 2.57. The van der Waals surface area contributed by atoms with Gasteiger partial charge in [-0.15, -0.1) is 0 Å². The van der Waals surface area contributed by atoms with E-state index < -0.39 is 10.7 Å². The Morgan fingerprint density at radius 2 is 2.00 bits per heavy atom. The maximum Gasteiger partial charge on any atom is 0.271 e. The second kappa shape index (κ2) is 6.68. The summed E-state index contributed by atoms with van der Waals surface area (Å²) in [7, 11) is 1.82. The third-order valence-electron chi connectivity index (χ3n) is 3.91. The molecular weight excluding hydrogens is 327 g/mol. The van der Waals surface area contributed by atoms with Crippen LogP contribution in [0.4, 0.5) is 10.1 Å². The molecule has 0 saturated heterocycles. The SMILES string of the molecule is Cn1c(CCNC(=O)c2ccc(F)cc2)nc2cc([N+](=O)[O-])ccc21. The van der Waals surface area contributed by atoms with E-state index in [0.717, 1.165) is 5.52 Å². The molecule has 0 aliphatic heterocycles. The molecule has 0 atom stereocenters. The van der Waals surface area contributed by atoms with Gasteiger partial charge >= 0.3 is 0 Å². The lowest BCUT2D eigenvalue weighted by molar-refractivity contribution is -0.384. The number of carbonyl (C=O) groups excluding carboxylic acids is 1. The van der Waals surface area contributed by atoms with Gasteiger partial charge in [0.05, 0.1) is 16.0 Å². The molecule has 8 heteroatoms. The number of non-ortho nitro benzene ring substituents is 1. The van der Waals surface area contributed by atoms with Crippen molar-refractivity contribution < 1.29 is 14.1 Å². The highest BCUT2D eigenvalue weighted by atomic mass is 19.1. The van der Waals surface area contributed by atoms with Gasteiger partial charge in [0.15, 0.2) is 0 Å². The van der Waals surface area contributed by atoms with Crippen LogP contribution in [-0.2, 0) is 13.5 Å². The standard InChI is InChI=1S/C17H15FN4O3/c1-21-15-7-6-13(22(24)25)10-14(15)20-16(21)8-9-19-17(23)11-2-4-12(18)5-3-11/h2-7,10H,8-9H2,1H3,(H,19,23). The number of nitro benzene ring substituents is 1. The van der Waals surface area contributed by atoms with Gasteiger partial charge in [0.25, 0.3) is 11.6 Å². The van der Waals surface area contributed by atoms with Crippen molar-refractivity contribution in [3.05, 3.63) is 69.8 Å². The third kappa shape index (κ3) is 3.47. The number of benzene rings is 2. The number of aryl methyl sites for hydroxylation is 1. The van der Waals surface area contributed by atoms with Gasteiger partial charge in [0.2, 0.25) is 0 Å². The number of nitrogens with one attached hydrogen (secondary N) is 1. The molecule has 0 saturated carbocycles. The number of carbonyl (C=O) groups is 1. The minimum atomic E-state index is -0.462. The molecule has 25 heavy (non-hydrogen) atoms. The zero-order chi connectivity index (χ0) is 18.0. The van der Waals surface area contributed by atoms with Crippen LogP contribution in [0.3, 0.4) is 0 Å². The maximum absolute atomic E-state index is 12.9. The van der Waals surface area contributed by atoms with Crippen molar-refractivity contribution >= 4 is 22.6 Å². The predicted molar refractivity (Wildman–Crippen MR) is 89.8 cm³/mol. The van der Waals surface area contributed by atoms with Crippen molar-refractivity contribution in [2.45, 2.75) is 6.42 Å². The first-order chi connectivity index (χ1) is 12.0. The second-order valence-corrected chi connectivity index (χ2v) is 5.53. The van der Waals surface area contributed by atoms with Gasteiger partial charge in [-0.1, -0.05) is 0 Å². The number of nitro groups is 1. The van der Waals surface area contributed by atoms with Crippen LogP contribution in [0.15, 0.2) is 42.5 Å². The summed E-state index contributed by atoms with van der Waals surface area (Å²) in [4.78, 5) is 26.8. The molecule has 7 nitrogen and oxygen atoms in total. The molecule has 1 heterocycles. The largest absolute Gasteiger partial charge is 0.352 e. The zero-order valence-corrected chi connectivity index (χ0v) is 13.4. The van der Waals surface area contributed by atoms with Gasteiger partial charge in [-0.2, -0.15) is 0 Å². The first kappa shape index (κ1) is 16.6. The van der Waals surface area contributed by atoms with Gasteiger partial charge in [0.1, 0.15) is 11.6 Å². The van der Waals surface area contributed by atoms with Crippen molar-refractivity contribution in [3.63, 3.8) is 0 Å². The lowest BCUT2D eigenvalue weighted by Gasteiger charge is -2.05. The van der Waals surface area contributed by atoms with Crippen molar-refractivity contribution in [2.75, 3.05) is 6.54 Å². The summed E-state index contributed by atoms with van der Waals surface area (Å²) >= 11 is 0. The van der Waals surface area contributed by atoms with Crippen LogP contribution in [0.1, 0.15) is 16.2 Å². The highest BCUT2D eigenvalue weighted by Crippen LogP contribution is 2.21. The van der Waals surface area contributed by atoms with E-state index >= 15 is 0 Å². The molecule has 2 aromatic carbocycles. The smallest absolute Gasteiger partial charge is 0.271 e. The third-order valence-corrected chi connectivity index (χ3v) is 3.91. The topological polar surface area (TPSA) is 90.1 Å². The number of nitrogens with zero attached hydrogens (tertiary/aromatic N) is 3. The van der Waals surface area contributed by atoms with E-state index in [1.165, 1.54) is 36.4 Å². The molecule has 128 valence electrons. The van der Waals surface area contributed by atoms with E-state index in [1.54, 1.807) is 6.07 Å². The number of hydrogen-bond acceptors (Lipinski definition) is 4. The summed E-state index contributed by atoms with van der Waals surface area (Å²) < 4.78 is 14.7. The molecule has 1 aromatic heterocycles. The Hall–Kier alpha value is -3.29. The summed E-state index contributed by atoms with van der Waals surface area (Å²) in [5.41, 5.74) is 1.69. The summed E-state index contributed by atoms with van der Waals surface area (Å²) in [6.45, 7) is 0.343. The molecule has 0 aliphatic rings. The summed E-state index contributed by atoms with van der Waals surface area (Å²) in [5.74, 6) is 0.00894. The lowest BCUT2D eigenvalue weighted by atomic mass is 10.2. The summed E-state index contributed by atoms with van der Waals surface area (Å²) in [6, 6.07) is 9.80. The second-order valence-electron chi connectivity index (χ2n) is 5.53. The number of rotatable bonds is 5. The zero-order valence-electron chi connectivity index (χ0n) is 13.4. The quantitative estimate of drug-likeness (QED) is 0.570. The number of imidazole rings is 1. The van der Waals surface area contributed by atoms with E-state index in [4.69, 9.17) is 0 Å². The Kier molecular flexibility index (Phi) is 4.42. The van der Waals surface area contributed by atoms with Crippen LogP contribution >= 0.6 is 0 Å². The molecule has 0 unspecified atom stereocenters. The molecule has 1 N–H and O–H groups in total. The highest BCUT2D eigenvalue weighted by Gasteiger charge is 2.13. The van der Waals surface area contributed by atoms with Crippen molar-refractivity contribution in [3.8, 4) is 0 Å². The van der Waals surface area contributed by atoms with E-state index in [0.29, 0.717) is 29.9 Å². The number of aromatic nitrogens is 2. The molecule has 3 aromatic rings. The normalized spacial score (nSPS) is 10.8. The molecule has 0 bridgehead atoms. The Morgan fingerprint density at radius 3 is 2.68 bits per heavy atom. The Balaban J connectivity index is 1.68. The molecule has 0 spiro atoms. The van der Waals surface area contributed by atoms with Crippen LogP contribution in [-0.4, -0.2) is 26.9 Å². The lowest BCUT2D eigenvalue weighted by Crippen LogP contribution is -2.26.